The van der Waals surface area contributed by atoms with Gasteiger partial charge in [-0.15, -0.1) is 0 Å². The number of aliphatic imine (C=N–C) groups is 1. The number of hydrogen-bond donors (Lipinski definition) is 1. The minimum Gasteiger partial charge on any atom is -0.496 e. The molecule has 1 aliphatic heterocycles. The maximum absolute atomic E-state index is 12.0. The van der Waals surface area contributed by atoms with Crippen LogP contribution in [-0.2, 0) is 31.9 Å². The number of benzene rings is 4. The molecule has 0 unspecified atom stereocenters. The van der Waals surface area contributed by atoms with Gasteiger partial charge in [-0.1, -0.05) is 55.1 Å². The lowest BCUT2D eigenvalue weighted by Crippen LogP contribution is -2.07. The van der Waals surface area contributed by atoms with Crippen LogP contribution in [0.1, 0.15) is 47.4 Å². The van der Waals surface area contributed by atoms with E-state index in [4.69, 9.17) is 23.9 Å². The van der Waals surface area contributed by atoms with Gasteiger partial charge < -0.3 is 23.9 Å². The molecule has 0 atom stereocenters. The van der Waals surface area contributed by atoms with Crippen molar-refractivity contribution >= 4 is 40.2 Å². The molecule has 0 aliphatic carbocycles. The topological polar surface area (TPSA) is 99.2 Å². The van der Waals surface area contributed by atoms with Crippen molar-refractivity contribution in [1.29, 1.82) is 0 Å². The molecule has 1 N–H and O–H groups in total. The smallest absolute Gasteiger partial charge is 0.333 e. The zero-order valence-corrected chi connectivity index (χ0v) is 28.1. The van der Waals surface area contributed by atoms with Gasteiger partial charge in [0.15, 0.2) is 0 Å². The molecular formula is C41H38N2O6. The molecule has 8 heteroatoms. The fraction of sp³-hybridized carbons (Fsp3) is 0.195. The molecule has 0 radical (unpaired) electrons. The number of ether oxygens (including phenoxy) is 4. The highest BCUT2D eigenvalue weighted by atomic mass is 16.5. The Kier molecular flexibility index (Phi) is 9.76. The number of carbonyl (C=O) groups is 2. The van der Waals surface area contributed by atoms with E-state index in [-0.39, 0.29) is 12.6 Å². The molecule has 248 valence electrons. The average molecular weight is 655 g/mol. The molecule has 0 amide bonds. The van der Waals surface area contributed by atoms with Crippen LogP contribution in [0.3, 0.4) is 0 Å². The lowest BCUT2D eigenvalue weighted by Gasteiger charge is -2.10. The third-order valence-electron chi connectivity index (χ3n) is 8.44. The van der Waals surface area contributed by atoms with Crippen molar-refractivity contribution in [1.82, 2.24) is 4.98 Å². The quantitative estimate of drug-likeness (QED) is 0.108. The minimum atomic E-state index is -0.397. The van der Waals surface area contributed by atoms with Gasteiger partial charge in [-0.2, -0.15) is 0 Å². The number of nitrogens with zero attached hydrogens (tertiary/aromatic N) is 1. The van der Waals surface area contributed by atoms with Crippen LogP contribution in [-0.4, -0.2) is 50.1 Å². The molecule has 0 spiro atoms. The van der Waals surface area contributed by atoms with Crippen LogP contribution < -0.4 is 9.47 Å². The number of methoxy groups -OCH3 is 2. The first-order valence-electron chi connectivity index (χ1n) is 16.1. The van der Waals surface area contributed by atoms with Crippen molar-refractivity contribution in [3.05, 3.63) is 131 Å². The van der Waals surface area contributed by atoms with Gasteiger partial charge in [-0.3, -0.25) is 4.79 Å². The zero-order valence-electron chi connectivity index (χ0n) is 28.1. The second kappa shape index (κ2) is 14.5. The summed E-state index contributed by atoms with van der Waals surface area (Å²) in [5.41, 5.74) is 9.59. The number of aromatic nitrogens is 1. The summed E-state index contributed by atoms with van der Waals surface area (Å²) in [6.07, 6.45) is 3.21. The minimum absolute atomic E-state index is 0.250. The van der Waals surface area contributed by atoms with Gasteiger partial charge in [-0.25, -0.2) is 9.79 Å². The molecule has 49 heavy (non-hydrogen) atoms. The molecule has 0 saturated carbocycles. The second-order valence-corrected chi connectivity index (χ2v) is 11.8. The van der Waals surface area contributed by atoms with Crippen LogP contribution in [0.25, 0.3) is 33.8 Å². The molecular weight excluding hydrogens is 616 g/mol. The number of carbonyl (C=O) groups excluding carboxylic acids is 2. The number of H-pyrrole nitrogens is 1. The standard InChI is InChI=1S/C41H38N2O6/c1-25(2)41(45)49-21-19-28-14-16-29-34(23-28)40(32-11-7-9-13-38(32)47-5)42-35(29)24-36-33-22-27(18-20-48-26(3)44)15-17-30(33)39(43-36)31-10-6-8-12-37(31)46-4/h6-17,22-24,42H,1,18-21H2,2-5H3/b36-24-. The summed E-state index contributed by atoms with van der Waals surface area (Å²) in [6, 6.07) is 28.3. The van der Waals surface area contributed by atoms with E-state index in [1.807, 2.05) is 48.5 Å². The van der Waals surface area contributed by atoms with Crippen LogP contribution in [0.15, 0.2) is 102 Å². The van der Waals surface area contributed by atoms with Crippen LogP contribution in [0.5, 0.6) is 11.5 Å². The third kappa shape index (κ3) is 7.04. The van der Waals surface area contributed by atoms with Crippen LogP contribution in [0, 0.1) is 0 Å². The van der Waals surface area contributed by atoms with Crippen molar-refractivity contribution in [2.75, 3.05) is 27.4 Å². The van der Waals surface area contributed by atoms with Crippen molar-refractivity contribution in [2.24, 2.45) is 4.99 Å². The molecule has 8 nitrogen and oxygen atoms in total. The van der Waals surface area contributed by atoms with Crippen LogP contribution in [0.4, 0.5) is 0 Å². The van der Waals surface area contributed by atoms with Crippen molar-refractivity contribution in [2.45, 2.75) is 26.7 Å². The molecule has 5 aromatic rings. The lowest BCUT2D eigenvalue weighted by atomic mass is 9.95. The zero-order chi connectivity index (χ0) is 34.5. The molecule has 2 heterocycles. The fourth-order valence-corrected chi connectivity index (χ4v) is 6.03. The molecule has 0 bridgehead atoms. The Morgan fingerprint density at radius 3 is 2.06 bits per heavy atom. The van der Waals surface area contributed by atoms with Crippen molar-refractivity contribution in [3.8, 4) is 22.8 Å². The predicted octanol–water partition coefficient (Wildman–Crippen LogP) is 7.97. The van der Waals surface area contributed by atoms with Gasteiger partial charge in [0.25, 0.3) is 0 Å². The average Bonchev–Trinajstić information content (AvgIpc) is 3.65. The number of para-hydroxylation sites is 2. The highest BCUT2D eigenvalue weighted by molar-refractivity contribution is 6.23. The maximum atomic E-state index is 12.0. The Morgan fingerprint density at radius 1 is 0.735 bits per heavy atom. The highest BCUT2D eigenvalue weighted by Crippen LogP contribution is 2.40. The largest absolute Gasteiger partial charge is 0.496 e. The summed E-state index contributed by atoms with van der Waals surface area (Å²) in [4.78, 5) is 32.3. The molecule has 0 fully saturated rings. The van der Waals surface area contributed by atoms with Crippen LogP contribution in [0.2, 0.25) is 0 Å². The van der Waals surface area contributed by atoms with E-state index < -0.39 is 5.97 Å². The lowest BCUT2D eigenvalue weighted by molar-refractivity contribution is -0.141. The summed E-state index contributed by atoms with van der Waals surface area (Å²) in [5.74, 6) is 0.776. The van der Waals surface area contributed by atoms with E-state index in [2.05, 4.69) is 54.0 Å². The molecule has 1 aromatic heterocycles. The van der Waals surface area contributed by atoms with Crippen molar-refractivity contribution in [3.63, 3.8) is 0 Å². The Bertz CT molecular complexity index is 2140. The predicted molar refractivity (Wildman–Crippen MR) is 193 cm³/mol. The van der Waals surface area contributed by atoms with E-state index in [9.17, 15) is 9.59 Å². The second-order valence-electron chi connectivity index (χ2n) is 11.8. The summed E-state index contributed by atoms with van der Waals surface area (Å²) >= 11 is 0. The van der Waals surface area contributed by atoms with E-state index in [1.165, 1.54) is 6.92 Å². The molecule has 1 aliphatic rings. The van der Waals surface area contributed by atoms with Gasteiger partial charge in [-0.05, 0) is 60.5 Å². The molecule has 4 aromatic carbocycles. The van der Waals surface area contributed by atoms with Gasteiger partial charge >= 0.3 is 11.9 Å². The number of rotatable bonds is 12. The van der Waals surface area contributed by atoms with Gasteiger partial charge in [0.05, 0.1) is 44.5 Å². The Balaban J connectivity index is 1.48. The first kappa shape index (κ1) is 33.0. The Labute approximate surface area is 285 Å². The SMILES string of the molecule is C=C(C)C(=O)OCCc1ccc2c(/C=C3\N=C(c4ccccc4OC)c4ccc(CCOC(C)=O)cc43)[nH]c(-c3ccccc3OC)c2c1. The van der Waals surface area contributed by atoms with Gasteiger partial charge in [0.1, 0.15) is 11.5 Å². The van der Waals surface area contributed by atoms with Crippen molar-refractivity contribution < 1.29 is 28.5 Å². The van der Waals surface area contributed by atoms with E-state index >= 15 is 0 Å². The number of aromatic amines is 1. The number of esters is 2. The van der Waals surface area contributed by atoms with E-state index in [0.717, 1.165) is 78.4 Å². The van der Waals surface area contributed by atoms with E-state index in [0.29, 0.717) is 25.0 Å². The summed E-state index contributed by atoms with van der Waals surface area (Å²) in [6.45, 7) is 7.27. The van der Waals surface area contributed by atoms with E-state index in [1.54, 1.807) is 21.1 Å². The van der Waals surface area contributed by atoms with Gasteiger partial charge in [0, 0.05) is 64.1 Å². The third-order valence-corrected chi connectivity index (χ3v) is 8.44. The maximum Gasteiger partial charge on any atom is 0.333 e. The highest BCUT2D eigenvalue weighted by Gasteiger charge is 2.25. The molecule has 6 rings (SSSR count). The first-order chi connectivity index (χ1) is 23.8. The molecule has 0 saturated heterocycles. The number of fused-ring (bicyclic) bond motifs is 2. The Morgan fingerprint density at radius 2 is 1.37 bits per heavy atom. The van der Waals surface area contributed by atoms with Gasteiger partial charge in [0.2, 0.25) is 0 Å². The fourth-order valence-electron chi connectivity index (χ4n) is 6.03. The van der Waals surface area contributed by atoms with Crippen LogP contribution >= 0.6 is 0 Å². The summed E-state index contributed by atoms with van der Waals surface area (Å²) < 4.78 is 22.1. The normalized spacial score (nSPS) is 12.8. The number of hydrogen-bond acceptors (Lipinski definition) is 7. The summed E-state index contributed by atoms with van der Waals surface area (Å²) in [5, 5.41) is 2.01. The summed E-state index contributed by atoms with van der Waals surface area (Å²) in [7, 11) is 3.32. The Hall–Kier alpha value is -5.89. The number of nitrogens with one attached hydrogen (secondary N) is 1. The first-order valence-corrected chi connectivity index (χ1v) is 16.1. The monoisotopic (exact) mass is 654 g/mol.